The van der Waals surface area contributed by atoms with Gasteiger partial charge < -0.3 is 9.64 Å². The average Bonchev–Trinajstić information content (AvgIpc) is 2.77. The van der Waals surface area contributed by atoms with E-state index >= 15 is 0 Å². The normalized spacial score (nSPS) is 22.8. The van der Waals surface area contributed by atoms with Gasteiger partial charge >= 0.3 is 0 Å². The van der Waals surface area contributed by atoms with Crippen molar-refractivity contribution in [1.82, 2.24) is 9.21 Å². The summed E-state index contributed by atoms with van der Waals surface area (Å²) in [5.74, 6) is -0.347. The molecule has 8 heteroatoms. The molecule has 0 aliphatic carbocycles. The van der Waals surface area contributed by atoms with Gasteiger partial charge in [-0.2, -0.15) is 4.31 Å². The Morgan fingerprint density at radius 2 is 1.79 bits per heavy atom. The standard InChI is InChI=1S/C16H23BrN2O4S/c1-18(2)16(20)14-8-10-19(11-9-15(14)23-3)24(21,22)13-6-4-12(17)5-7-13/h4-7,14-15H,8-11H2,1-3H3/t14-,15+/m0/s1. The molecule has 134 valence electrons. The number of benzene rings is 1. The fourth-order valence-corrected chi connectivity index (χ4v) is 4.68. The number of sulfonamides is 1. The van der Waals surface area contributed by atoms with E-state index < -0.39 is 10.0 Å². The van der Waals surface area contributed by atoms with E-state index in [4.69, 9.17) is 4.74 Å². The van der Waals surface area contributed by atoms with Gasteiger partial charge in [-0.25, -0.2) is 8.42 Å². The lowest BCUT2D eigenvalue weighted by atomic mass is 9.96. The third-order valence-corrected chi connectivity index (χ3v) is 6.75. The first-order valence-corrected chi connectivity index (χ1v) is 10.0. The Bertz CT molecular complexity index is 676. The number of hydrogen-bond donors (Lipinski definition) is 0. The van der Waals surface area contributed by atoms with Crippen LogP contribution in [0.2, 0.25) is 0 Å². The number of hydrogen-bond acceptors (Lipinski definition) is 4. The zero-order chi connectivity index (χ0) is 17.9. The van der Waals surface area contributed by atoms with E-state index in [0.717, 1.165) is 4.47 Å². The molecule has 0 unspecified atom stereocenters. The van der Waals surface area contributed by atoms with E-state index in [1.165, 1.54) is 9.21 Å². The van der Waals surface area contributed by atoms with Crippen molar-refractivity contribution in [3.63, 3.8) is 0 Å². The van der Waals surface area contributed by atoms with Crippen LogP contribution in [0.3, 0.4) is 0 Å². The van der Waals surface area contributed by atoms with E-state index in [0.29, 0.717) is 25.9 Å². The minimum atomic E-state index is -3.57. The molecule has 1 amide bonds. The van der Waals surface area contributed by atoms with Crippen molar-refractivity contribution >= 4 is 31.9 Å². The number of rotatable bonds is 4. The number of methoxy groups -OCH3 is 1. The van der Waals surface area contributed by atoms with Gasteiger partial charge in [0.25, 0.3) is 0 Å². The largest absolute Gasteiger partial charge is 0.381 e. The molecule has 1 heterocycles. The number of halogens is 1. The first kappa shape index (κ1) is 19.4. The maximum atomic E-state index is 12.8. The fraction of sp³-hybridized carbons (Fsp3) is 0.562. The first-order valence-electron chi connectivity index (χ1n) is 7.77. The van der Waals surface area contributed by atoms with Gasteiger partial charge in [-0.15, -0.1) is 0 Å². The molecule has 2 atom stereocenters. The summed E-state index contributed by atoms with van der Waals surface area (Å²) >= 11 is 3.31. The molecule has 24 heavy (non-hydrogen) atoms. The molecule has 6 nitrogen and oxygen atoms in total. The summed E-state index contributed by atoms with van der Waals surface area (Å²) in [6.07, 6.45) is 0.673. The number of nitrogens with zero attached hydrogens (tertiary/aromatic N) is 2. The average molecular weight is 419 g/mol. The summed E-state index contributed by atoms with van der Waals surface area (Å²) in [6.45, 7) is 0.649. The molecular weight excluding hydrogens is 396 g/mol. The van der Waals surface area contributed by atoms with Crippen molar-refractivity contribution in [3.05, 3.63) is 28.7 Å². The highest BCUT2D eigenvalue weighted by atomic mass is 79.9. The van der Waals surface area contributed by atoms with Gasteiger partial charge in [0.2, 0.25) is 15.9 Å². The zero-order valence-electron chi connectivity index (χ0n) is 14.1. The molecule has 1 aromatic rings. The maximum Gasteiger partial charge on any atom is 0.243 e. The first-order chi connectivity index (χ1) is 11.3. The van der Waals surface area contributed by atoms with Crippen LogP contribution in [0.4, 0.5) is 0 Å². The van der Waals surface area contributed by atoms with Crippen molar-refractivity contribution in [3.8, 4) is 0 Å². The molecule has 1 saturated heterocycles. The molecule has 0 spiro atoms. The second-order valence-electron chi connectivity index (χ2n) is 6.05. The summed E-state index contributed by atoms with van der Waals surface area (Å²) in [7, 11) is 1.41. The van der Waals surface area contributed by atoms with E-state index in [2.05, 4.69) is 15.9 Å². The predicted molar refractivity (Wildman–Crippen MR) is 95.1 cm³/mol. The molecule has 0 bridgehead atoms. The summed E-state index contributed by atoms with van der Waals surface area (Å²) < 4.78 is 33.4. The number of carbonyl (C=O) groups excluding carboxylic acids is 1. The quantitative estimate of drug-likeness (QED) is 0.749. The van der Waals surface area contributed by atoms with Crippen molar-refractivity contribution in [2.24, 2.45) is 5.92 Å². The molecule has 2 rings (SSSR count). The Balaban J connectivity index is 2.22. The van der Waals surface area contributed by atoms with Crippen LogP contribution >= 0.6 is 15.9 Å². The van der Waals surface area contributed by atoms with E-state index in [9.17, 15) is 13.2 Å². The third-order valence-electron chi connectivity index (χ3n) is 4.31. The molecule has 1 aromatic carbocycles. The Labute approximate surface area is 151 Å². The highest BCUT2D eigenvalue weighted by Crippen LogP contribution is 2.26. The summed E-state index contributed by atoms with van der Waals surface area (Å²) in [6, 6.07) is 6.59. The highest BCUT2D eigenvalue weighted by molar-refractivity contribution is 9.10. The Kier molecular flexibility index (Phi) is 6.41. The van der Waals surface area contributed by atoms with Gasteiger partial charge in [0.05, 0.1) is 16.9 Å². The van der Waals surface area contributed by atoms with Gasteiger partial charge in [-0.3, -0.25) is 4.79 Å². The lowest BCUT2D eigenvalue weighted by Gasteiger charge is -2.25. The van der Waals surface area contributed by atoms with E-state index in [1.807, 2.05) is 0 Å². The van der Waals surface area contributed by atoms with Crippen LogP contribution < -0.4 is 0 Å². The summed E-state index contributed by atoms with van der Waals surface area (Å²) in [4.78, 5) is 14.2. The van der Waals surface area contributed by atoms with Gasteiger partial charge in [-0.1, -0.05) is 15.9 Å². The molecular formula is C16H23BrN2O4S. The van der Waals surface area contributed by atoms with Crippen LogP contribution in [-0.2, 0) is 19.6 Å². The van der Waals surface area contributed by atoms with Gasteiger partial charge in [0.1, 0.15) is 0 Å². The number of amides is 1. The van der Waals surface area contributed by atoms with Crippen LogP contribution in [0.5, 0.6) is 0 Å². The predicted octanol–water partition coefficient (Wildman–Crippen LogP) is 1.95. The Morgan fingerprint density at radius 1 is 1.21 bits per heavy atom. The van der Waals surface area contributed by atoms with Crippen LogP contribution in [0.15, 0.2) is 33.6 Å². The molecule has 1 aliphatic rings. The zero-order valence-corrected chi connectivity index (χ0v) is 16.5. The lowest BCUT2D eigenvalue weighted by molar-refractivity contribution is -0.137. The van der Waals surface area contributed by atoms with Gasteiger partial charge in [0, 0.05) is 38.8 Å². The summed E-state index contributed by atoms with van der Waals surface area (Å²) in [5.41, 5.74) is 0. The molecule has 0 saturated carbocycles. The van der Waals surface area contributed by atoms with Gasteiger partial charge in [0.15, 0.2) is 0 Å². The highest BCUT2D eigenvalue weighted by Gasteiger charge is 2.36. The SMILES string of the molecule is CO[C@@H]1CCN(S(=O)(=O)c2ccc(Br)cc2)CC[C@@H]1C(=O)N(C)C. The molecule has 1 aliphatic heterocycles. The monoisotopic (exact) mass is 418 g/mol. The second-order valence-corrected chi connectivity index (χ2v) is 8.90. The van der Waals surface area contributed by atoms with Crippen LogP contribution in [0.1, 0.15) is 12.8 Å². The third kappa shape index (κ3) is 4.17. The minimum absolute atomic E-state index is 0.0234. The van der Waals surface area contributed by atoms with Gasteiger partial charge in [-0.05, 0) is 37.1 Å². The number of ether oxygens (including phenoxy) is 1. The minimum Gasteiger partial charge on any atom is -0.381 e. The molecule has 0 N–H and O–H groups in total. The number of carbonyl (C=O) groups is 1. The lowest BCUT2D eigenvalue weighted by Crippen LogP contribution is -2.37. The fourth-order valence-electron chi connectivity index (χ4n) is 2.95. The molecule has 0 radical (unpaired) electrons. The molecule has 0 aromatic heterocycles. The van der Waals surface area contributed by atoms with E-state index in [1.54, 1.807) is 45.5 Å². The van der Waals surface area contributed by atoms with Crippen LogP contribution in [0, 0.1) is 5.92 Å². The van der Waals surface area contributed by atoms with Crippen molar-refractivity contribution in [1.29, 1.82) is 0 Å². The smallest absolute Gasteiger partial charge is 0.243 e. The van der Waals surface area contributed by atoms with Crippen molar-refractivity contribution < 1.29 is 17.9 Å². The van der Waals surface area contributed by atoms with Crippen LogP contribution in [-0.4, -0.2) is 63.9 Å². The van der Waals surface area contributed by atoms with E-state index in [-0.39, 0.29) is 22.8 Å². The topological polar surface area (TPSA) is 66.9 Å². The molecule has 1 fully saturated rings. The van der Waals surface area contributed by atoms with Crippen LogP contribution in [0.25, 0.3) is 0 Å². The Morgan fingerprint density at radius 3 is 2.33 bits per heavy atom. The van der Waals surface area contributed by atoms with Crippen molar-refractivity contribution in [2.75, 3.05) is 34.3 Å². The Hall–Kier alpha value is -0.960. The second kappa shape index (κ2) is 7.95. The summed E-state index contributed by atoms with van der Waals surface area (Å²) in [5, 5.41) is 0. The maximum absolute atomic E-state index is 12.8. The van der Waals surface area contributed by atoms with Crippen molar-refractivity contribution in [2.45, 2.75) is 23.8 Å².